The van der Waals surface area contributed by atoms with E-state index in [1.54, 1.807) is 4.90 Å². The van der Waals surface area contributed by atoms with Gasteiger partial charge in [-0.3, -0.25) is 9.59 Å². The molecule has 2 heterocycles. The fourth-order valence-corrected chi connectivity index (χ4v) is 3.74. The third-order valence-corrected chi connectivity index (χ3v) is 5.08. The molecule has 1 saturated heterocycles. The Labute approximate surface area is 134 Å². The van der Waals surface area contributed by atoms with E-state index < -0.39 is 0 Å². The van der Waals surface area contributed by atoms with Gasteiger partial charge in [0, 0.05) is 11.4 Å². The summed E-state index contributed by atoms with van der Waals surface area (Å²) in [6, 6.07) is 7.79. The van der Waals surface area contributed by atoms with E-state index in [0.29, 0.717) is 18.9 Å². The van der Waals surface area contributed by atoms with Gasteiger partial charge >= 0.3 is 0 Å². The van der Waals surface area contributed by atoms with Gasteiger partial charge in [-0.15, -0.1) is 11.8 Å². The van der Waals surface area contributed by atoms with Crippen LogP contribution in [0.2, 0.25) is 0 Å². The normalized spacial score (nSPS) is 25.1. The van der Waals surface area contributed by atoms with Crippen molar-refractivity contribution in [1.82, 2.24) is 4.90 Å². The van der Waals surface area contributed by atoms with Crippen LogP contribution >= 0.6 is 11.8 Å². The molecule has 1 aromatic carbocycles. The average Bonchev–Trinajstić information content (AvgIpc) is 2.52. The summed E-state index contributed by atoms with van der Waals surface area (Å²) in [4.78, 5) is 29.4. The van der Waals surface area contributed by atoms with E-state index in [2.05, 4.69) is 0 Å². The minimum atomic E-state index is -0.0160. The van der Waals surface area contributed by atoms with E-state index in [-0.39, 0.29) is 30.5 Å². The highest BCUT2D eigenvalue weighted by Gasteiger charge is 2.32. The minimum Gasteiger partial charge on any atom is -0.375 e. The van der Waals surface area contributed by atoms with Gasteiger partial charge in [-0.05, 0) is 26.0 Å². The highest BCUT2D eigenvalue weighted by molar-refractivity contribution is 8.00. The van der Waals surface area contributed by atoms with Gasteiger partial charge in [-0.25, -0.2) is 0 Å². The van der Waals surface area contributed by atoms with Gasteiger partial charge in [-0.1, -0.05) is 12.1 Å². The lowest BCUT2D eigenvalue weighted by molar-refractivity contribution is -0.142. The van der Waals surface area contributed by atoms with Gasteiger partial charge in [0.25, 0.3) is 0 Å². The number of benzene rings is 1. The van der Waals surface area contributed by atoms with Crippen LogP contribution in [0.5, 0.6) is 0 Å². The molecule has 0 radical (unpaired) electrons. The summed E-state index contributed by atoms with van der Waals surface area (Å²) in [6.07, 6.45) is 0.0417. The SMILES string of the molecule is C[C@@H]1CN(C(=O)CN2C(=O)CSc3ccccc32)[C@@H](C)CO1. The van der Waals surface area contributed by atoms with Crippen LogP contribution in [0.4, 0.5) is 5.69 Å². The smallest absolute Gasteiger partial charge is 0.243 e. The van der Waals surface area contributed by atoms with Crippen molar-refractivity contribution < 1.29 is 14.3 Å². The highest BCUT2D eigenvalue weighted by Crippen LogP contribution is 2.34. The summed E-state index contributed by atoms with van der Waals surface area (Å²) in [5.41, 5.74) is 0.839. The summed E-state index contributed by atoms with van der Waals surface area (Å²) in [5.74, 6) is 0.364. The molecule has 2 aliphatic heterocycles. The van der Waals surface area contributed by atoms with Gasteiger partial charge in [-0.2, -0.15) is 0 Å². The molecule has 118 valence electrons. The third kappa shape index (κ3) is 2.98. The summed E-state index contributed by atoms with van der Waals surface area (Å²) < 4.78 is 5.56. The molecule has 2 amide bonds. The number of thioether (sulfide) groups is 1. The first-order valence-corrected chi connectivity index (χ1v) is 8.48. The van der Waals surface area contributed by atoms with Crippen LogP contribution in [0.15, 0.2) is 29.2 Å². The van der Waals surface area contributed by atoms with Gasteiger partial charge in [0.1, 0.15) is 6.54 Å². The third-order valence-electron chi connectivity index (χ3n) is 4.03. The van der Waals surface area contributed by atoms with Crippen molar-refractivity contribution >= 4 is 29.3 Å². The molecule has 0 aromatic heterocycles. The Bertz CT molecular complexity index is 593. The zero-order valence-corrected chi connectivity index (χ0v) is 13.6. The Hall–Kier alpha value is -1.53. The van der Waals surface area contributed by atoms with Crippen molar-refractivity contribution in [1.29, 1.82) is 0 Å². The number of rotatable bonds is 2. The van der Waals surface area contributed by atoms with E-state index >= 15 is 0 Å². The van der Waals surface area contributed by atoms with Crippen molar-refractivity contribution in [2.75, 3.05) is 30.3 Å². The highest BCUT2D eigenvalue weighted by atomic mass is 32.2. The average molecular weight is 320 g/mol. The Morgan fingerprint density at radius 3 is 2.95 bits per heavy atom. The molecule has 6 heteroatoms. The van der Waals surface area contributed by atoms with E-state index in [9.17, 15) is 9.59 Å². The second kappa shape index (κ2) is 6.30. The minimum absolute atomic E-state index is 0.00832. The summed E-state index contributed by atoms with van der Waals surface area (Å²) in [5, 5.41) is 0. The largest absolute Gasteiger partial charge is 0.375 e. The summed E-state index contributed by atoms with van der Waals surface area (Å²) in [7, 11) is 0. The van der Waals surface area contributed by atoms with E-state index in [1.807, 2.05) is 43.0 Å². The van der Waals surface area contributed by atoms with Crippen LogP contribution in [0.3, 0.4) is 0 Å². The fourth-order valence-electron chi connectivity index (χ4n) is 2.80. The number of hydrogen-bond donors (Lipinski definition) is 0. The molecule has 0 unspecified atom stereocenters. The Morgan fingerprint density at radius 1 is 1.36 bits per heavy atom. The standard InChI is InChI=1S/C16H20N2O3S/c1-11-9-21-12(2)7-17(11)15(19)8-18-13-5-3-4-6-14(13)22-10-16(18)20/h3-6,11-12H,7-10H2,1-2H3/t11-,12+/m0/s1. The van der Waals surface area contributed by atoms with Gasteiger partial charge in [0.2, 0.25) is 11.8 Å². The number of fused-ring (bicyclic) bond motifs is 1. The molecule has 2 atom stereocenters. The second-order valence-corrected chi connectivity index (χ2v) is 6.79. The lowest BCUT2D eigenvalue weighted by Crippen LogP contribution is -2.54. The molecule has 2 aliphatic rings. The van der Waals surface area contributed by atoms with E-state index in [0.717, 1.165) is 10.6 Å². The number of morpholine rings is 1. The Morgan fingerprint density at radius 2 is 2.14 bits per heavy atom. The van der Waals surface area contributed by atoms with Crippen LogP contribution in [0.25, 0.3) is 0 Å². The number of anilines is 1. The number of ether oxygens (including phenoxy) is 1. The lowest BCUT2D eigenvalue weighted by Gasteiger charge is -2.38. The lowest BCUT2D eigenvalue weighted by atomic mass is 10.2. The fraction of sp³-hybridized carbons (Fsp3) is 0.500. The summed E-state index contributed by atoms with van der Waals surface area (Å²) in [6.45, 7) is 5.18. The monoisotopic (exact) mass is 320 g/mol. The van der Waals surface area contributed by atoms with Crippen molar-refractivity contribution in [2.45, 2.75) is 30.9 Å². The first kappa shape index (κ1) is 15.4. The van der Waals surface area contributed by atoms with Gasteiger partial charge in [0.15, 0.2) is 0 Å². The molecule has 0 saturated carbocycles. The van der Waals surface area contributed by atoms with Crippen LogP contribution in [0, 0.1) is 0 Å². The molecular weight excluding hydrogens is 300 g/mol. The number of nitrogens with zero attached hydrogens (tertiary/aromatic N) is 2. The molecule has 1 fully saturated rings. The first-order valence-electron chi connectivity index (χ1n) is 7.49. The number of amides is 2. The molecule has 0 bridgehead atoms. The topological polar surface area (TPSA) is 49.9 Å². The molecule has 1 aromatic rings. The van der Waals surface area contributed by atoms with Crippen molar-refractivity contribution in [3.05, 3.63) is 24.3 Å². The molecular formula is C16H20N2O3S. The molecule has 22 heavy (non-hydrogen) atoms. The molecule has 0 N–H and O–H groups in total. The summed E-state index contributed by atoms with van der Waals surface area (Å²) >= 11 is 1.53. The van der Waals surface area contributed by atoms with Gasteiger partial charge < -0.3 is 14.5 Å². The second-order valence-electron chi connectivity index (χ2n) is 5.78. The Kier molecular flexibility index (Phi) is 4.40. The maximum atomic E-state index is 12.6. The van der Waals surface area contributed by atoms with Gasteiger partial charge in [0.05, 0.1) is 30.2 Å². The molecule has 0 aliphatic carbocycles. The van der Waals surface area contributed by atoms with E-state index in [4.69, 9.17) is 4.74 Å². The molecule has 3 rings (SSSR count). The van der Waals surface area contributed by atoms with E-state index in [1.165, 1.54) is 11.8 Å². The van der Waals surface area contributed by atoms with Crippen LogP contribution in [0.1, 0.15) is 13.8 Å². The number of carbonyl (C=O) groups excluding carboxylic acids is 2. The maximum Gasteiger partial charge on any atom is 0.243 e. The van der Waals surface area contributed by atoms with Crippen LogP contribution < -0.4 is 4.90 Å². The number of para-hydroxylation sites is 1. The van der Waals surface area contributed by atoms with Crippen LogP contribution in [-0.2, 0) is 14.3 Å². The molecule has 0 spiro atoms. The number of hydrogen-bond acceptors (Lipinski definition) is 4. The number of carbonyl (C=O) groups is 2. The molecule has 5 nitrogen and oxygen atoms in total. The predicted molar refractivity (Wildman–Crippen MR) is 86.1 cm³/mol. The van der Waals surface area contributed by atoms with Crippen molar-refractivity contribution in [3.63, 3.8) is 0 Å². The Balaban J connectivity index is 1.77. The quantitative estimate of drug-likeness (QED) is 0.833. The van der Waals surface area contributed by atoms with Crippen LogP contribution in [-0.4, -0.2) is 54.3 Å². The zero-order valence-electron chi connectivity index (χ0n) is 12.8. The predicted octanol–water partition coefficient (Wildman–Crippen LogP) is 1.76. The van der Waals surface area contributed by atoms with Crippen molar-refractivity contribution in [2.24, 2.45) is 0 Å². The zero-order chi connectivity index (χ0) is 15.7. The van der Waals surface area contributed by atoms with Crippen molar-refractivity contribution in [3.8, 4) is 0 Å². The maximum absolute atomic E-state index is 12.6. The first-order chi connectivity index (χ1) is 10.6.